The Balaban J connectivity index is 4.36. The van der Waals surface area contributed by atoms with Gasteiger partial charge in [-0.15, -0.1) is 0 Å². The van der Waals surface area contributed by atoms with Gasteiger partial charge in [-0.1, -0.05) is 189 Å². The maximum atomic E-state index is 12.7. The van der Waals surface area contributed by atoms with Crippen LogP contribution in [-0.4, -0.2) is 37.2 Å². The van der Waals surface area contributed by atoms with E-state index < -0.39 is 6.10 Å². The van der Waals surface area contributed by atoms with Gasteiger partial charge < -0.3 is 14.2 Å². The molecule has 6 nitrogen and oxygen atoms in total. The van der Waals surface area contributed by atoms with Crippen molar-refractivity contribution in [2.45, 2.75) is 219 Å². The number of carbonyl (C=O) groups is 3. The van der Waals surface area contributed by atoms with E-state index in [9.17, 15) is 14.4 Å². The van der Waals surface area contributed by atoms with Crippen LogP contribution in [0.4, 0.5) is 0 Å². The number of carbonyl (C=O) groups excluding carboxylic acids is 3. The number of ether oxygens (including phenoxy) is 3. The van der Waals surface area contributed by atoms with Crippen LogP contribution in [0.25, 0.3) is 0 Å². The Kier molecular flexibility index (Phi) is 46.0. The number of hydrogen-bond acceptors (Lipinski definition) is 6. The minimum Gasteiger partial charge on any atom is -0.462 e. The van der Waals surface area contributed by atoms with E-state index in [1.807, 2.05) is 0 Å². The summed E-state index contributed by atoms with van der Waals surface area (Å²) in [6, 6.07) is 0. The number of esters is 3. The van der Waals surface area contributed by atoms with Crippen molar-refractivity contribution in [3.63, 3.8) is 0 Å². The first-order valence-corrected chi connectivity index (χ1v) is 24.7. The summed E-state index contributed by atoms with van der Waals surface area (Å²) in [5.74, 6) is -0.974. The first kappa shape index (κ1) is 57.3. The van der Waals surface area contributed by atoms with Crippen LogP contribution in [0.5, 0.6) is 0 Å². The summed E-state index contributed by atoms with van der Waals surface area (Å²) < 4.78 is 16.6. The fourth-order valence-corrected chi connectivity index (χ4v) is 6.36. The van der Waals surface area contributed by atoms with Gasteiger partial charge in [-0.25, -0.2) is 0 Å². The first-order valence-electron chi connectivity index (χ1n) is 24.7. The minimum absolute atomic E-state index is 0.0986. The molecule has 0 radical (unpaired) electrons. The van der Waals surface area contributed by atoms with Crippen LogP contribution in [0, 0.1) is 0 Å². The van der Waals surface area contributed by atoms with E-state index in [0.717, 1.165) is 122 Å². The van der Waals surface area contributed by atoms with Crippen LogP contribution in [0.2, 0.25) is 0 Å². The molecule has 0 N–H and O–H groups in total. The Labute approximate surface area is 375 Å². The number of hydrogen-bond donors (Lipinski definition) is 0. The van der Waals surface area contributed by atoms with Gasteiger partial charge in [-0.2, -0.15) is 0 Å². The highest BCUT2D eigenvalue weighted by Crippen LogP contribution is 2.12. The zero-order chi connectivity index (χ0) is 44.4. The third-order valence-electron chi connectivity index (χ3n) is 10.1. The standard InChI is InChI=1S/C55H90O6/c1-4-7-10-13-16-18-20-22-24-26-27-28-29-30-32-33-35-37-39-42-45-48-54(57)60-51-52(50-59-53(56)47-44-41-15-12-9-6-3)61-55(58)49-46-43-40-38-36-34-31-25-23-21-19-17-14-11-8-5-2/h7,10,16,18-19,21-22,24-25,27-28,30-32,35,37,52H,4-6,8-9,11-15,17,20,23,26,29,33-34,36,38-51H2,1-3H3/b10-7-,18-16-,21-19-,24-22-,28-27-,31-25-,32-30-,37-35-. The van der Waals surface area contributed by atoms with E-state index in [2.05, 4.69) is 118 Å². The highest BCUT2D eigenvalue weighted by molar-refractivity contribution is 5.71. The van der Waals surface area contributed by atoms with Gasteiger partial charge in [0.25, 0.3) is 0 Å². The number of rotatable bonds is 43. The first-order chi connectivity index (χ1) is 30.0. The van der Waals surface area contributed by atoms with Crippen molar-refractivity contribution in [3.05, 3.63) is 97.2 Å². The molecule has 1 unspecified atom stereocenters. The molecule has 0 aliphatic carbocycles. The molecule has 0 aromatic heterocycles. The van der Waals surface area contributed by atoms with Crippen molar-refractivity contribution in [2.24, 2.45) is 0 Å². The van der Waals surface area contributed by atoms with Gasteiger partial charge in [-0.3, -0.25) is 14.4 Å². The summed E-state index contributed by atoms with van der Waals surface area (Å²) in [7, 11) is 0. The molecule has 6 heteroatoms. The van der Waals surface area contributed by atoms with Crippen molar-refractivity contribution in [2.75, 3.05) is 13.2 Å². The predicted molar refractivity (Wildman–Crippen MR) is 260 cm³/mol. The van der Waals surface area contributed by atoms with Crippen molar-refractivity contribution < 1.29 is 28.6 Å². The van der Waals surface area contributed by atoms with E-state index in [1.165, 1.54) is 51.4 Å². The Morgan fingerprint density at radius 2 is 0.639 bits per heavy atom. The Morgan fingerprint density at radius 3 is 1.05 bits per heavy atom. The molecule has 0 aliphatic heterocycles. The lowest BCUT2D eigenvalue weighted by Gasteiger charge is -2.18. The van der Waals surface area contributed by atoms with Crippen molar-refractivity contribution in [1.29, 1.82) is 0 Å². The van der Waals surface area contributed by atoms with Crippen LogP contribution in [0.15, 0.2) is 97.2 Å². The fraction of sp³-hybridized carbons (Fsp3) is 0.655. The molecule has 0 amide bonds. The normalized spacial score (nSPS) is 12.9. The van der Waals surface area contributed by atoms with Crippen LogP contribution in [-0.2, 0) is 28.6 Å². The van der Waals surface area contributed by atoms with Crippen molar-refractivity contribution in [3.8, 4) is 0 Å². The fourth-order valence-electron chi connectivity index (χ4n) is 6.36. The van der Waals surface area contributed by atoms with Crippen LogP contribution in [0.3, 0.4) is 0 Å². The molecule has 0 aromatic rings. The Morgan fingerprint density at radius 1 is 0.344 bits per heavy atom. The lowest BCUT2D eigenvalue weighted by molar-refractivity contribution is -0.167. The van der Waals surface area contributed by atoms with E-state index >= 15 is 0 Å². The quantitative estimate of drug-likeness (QED) is 0.0263. The lowest BCUT2D eigenvalue weighted by atomic mass is 10.1. The van der Waals surface area contributed by atoms with Crippen molar-refractivity contribution in [1.82, 2.24) is 0 Å². The molecule has 61 heavy (non-hydrogen) atoms. The molecule has 0 bridgehead atoms. The summed E-state index contributed by atoms with van der Waals surface area (Å²) >= 11 is 0. The van der Waals surface area contributed by atoms with E-state index in [1.54, 1.807) is 0 Å². The topological polar surface area (TPSA) is 78.9 Å². The smallest absolute Gasteiger partial charge is 0.306 e. The number of unbranched alkanes of at least 4 members (excludes halogenated alkanes) is 16. The van der Waals surface area contributed by atoms with Gasteiger partial charge in [0.05, 0.1) is 0 Å². The number of allylic oxidation sites excluding steroid dienone is 16. The third kappa shape index (κ3) is 47.2. The molecule has 0 rings (SSSR count). The Hall–Kier alpha value is -3.67. The molecule has 0 saturated heterocycles. The van der Waals surface area contributed by atoms with Gasteiger partial charge >= 0.3 is 17.9 Å². The molecular formula is C55H90O6. The maximum Gasteiger partial charge on any atom is 0.306 e. The van der Waals surface area contributed by atoms with Gasteiger partial charge in [0.1, 0.15) is 13.2 Å². The van der Waals surface area contributed by atoms with Gasteiger partial charge in [0.2, 0.25) is 0 Å². The summed E-state index contributed by atoms with van der Waals surface area (Å²) in [6.07, 6.45) is 64.1. The summed E-state index contributed by atoms with van der Waals surface area (Å²) in [4.78, 5) is 37.7. The molecule has 1 atom stereocenters. The summed E-state index contributed by atoms with van der Waals surface area (Å²) in [5.41, 5.74) is 0. The SMILES string of the molecule is CC/C=C\C/C=C\C/C=C\C/C=C\C/C=C\C/C=C\CCCCC(=O)OCC(COC(=O)CCCCCCCC)OC(=O)CCCCCCC/C=C\C/C=C\CCCCCC. The molecule has 0 aliphatic rings. The third-order valence-corrected chi connectivity index (χ3v) is 10.1. The monoisotopic (exact) mass is 847 g/mol. The molecule has 0 spiro atoms. The summed E-state index contributed by atoms with van der Waals surface area (Å²) in [6.45, 7) is 6.38. The molecule has 0 aromatic carbocycles. The minimum atomic E-state index is -0.800. The van der Waals surface area contributed by atoms with Crippen LogP contribution >= 0.6 is 0 Å². The zero-order valence-electron chi connectivity index (χ0n) is 39.4. The second kappa shape index (κ2) is 49.0. The highest BCUT2D eigenvalue weighted by Gasteiger charge is 2.19. The van der Waals surface area contributed by atoms with E-state index in [0.29, 0.717) is 19.3 Å². The summed E-state index contributed by atoms with van der Waals surface area (Å²) in [5, 5.41) is 0. The molecule has 346 valence electrons. The molecule has 0 saturated carbocycles. The van der Waals surface area contributed by atoms with Crippen LogP contribution in [0.1, 0.15) is 213 Å². The van der Waals surface area contributed by atoms with E-state index in [-0.39, 0.29) is 31.1 Å². The zero-order valence-corrected chi connectivity index (χ0v) is 39.4. The lowest BCUT2D eigenvalue weighted by Crippen LogP contribution is -2.30. The largest absolute Gasteiger partial charge is 0.462 e. The van der Waals surface area contributed by atoms with Crippen LogP contribution < -0.4 is 0 Å². The Bertz CT molecular complexity index is 1250. The second-order valence-electron chi connectivity index (χ2n) is 16.0. The molecule has 0 fully saturated rings. The average molecular weight is 847 g/mol. The van der Waals surface area contributed by atoms with Gasteiger partial charge in [0.15, 0.2) is 6.10 Å². The second-order valence-corrected chi connectivity index (χ2v) is 16.0. The van der Waals surface area contributed by atoms with E-state index in [4.69, 9.17) is 14.2 Å². The molecule has 0 heterocycles. The maximum absolute atomic E-state index is 12.7. The molecular weight excluding hydrogens is 757 g/mol. The van der Waals surface area contributed by atoms with Gasteiger partial charge in [0, 0.05) is 19.3 Å². The predicted octanol–water partition coefficient (Wildman–Crippen LogP) is 16.2. The average Bonchev–Trinajstić information content (AvgIpc) is 3.26. The van der Waals surface area contributed by atoms with Crippen molar-refractivity contribution >= 4 is 17.9 Å². The highest BCUT2D eigenvalue weighted by atomic mass is 16.6. The van der Waals surface area contributed by atoms with Gasteiger partial charge in [-0.05, 0) is 103 Å².